The predicted octanol–water partition coefficient (Wildman–Crippen LogP) is 3.05. The van der Waals surface area contributed by atoms with Crippen molar-refractivity contribution in [3.8, 4) is 0 Å². The molecule has 0 saturated carbocycles. The van der Waals surface area contributed by atoms with Crippen LogP contribution in [-0.4, -0.2) is 27.5 Å². The molecule has 4 nitrogen and oxygen atoms in total. The highest BCUT2D eigenvalue weighted by atomic mass is 32.2. The highest BCUT2D eigenvalue weighted by Gasteiger charge is 2.26. The Morgan fingerprint density at radius 3 is 2.64 bits per heavy atom. The molecule has 134 valence electrons. The molecule has 3 rings (SSSR count). The van der Waals surface area contributed by atoms with Gasteiger partial charge in [0.15, 0.2) is 0 Å². The van der Waals surface area contributed by atoms with E-state index < -0.39 is 27.4 Å². The molecule has 2 aromatic rings. The number of anilines is 1. The summed E-state index contributed by atoms with van der Waals surface area (Å²) in [5.74, 6) is -1.95. The van der Waals surface area contributed by atoms with E-state index in [4.69, 9.17) is 0 Å². The number of halogens is 2. The van der Waals surface area contributed by atoms with Gasteiger partial charge in [0.2, 0.25) is 10.0 Å². The maximum atomic E-state index is 13.7. The summed E-state index contributed by atoms with van der Waals surface area (Å²) < 4.78 is 53.9. The van der Waals surface area contributed by atoms with Gasteiger partial charge in [0.05, 0.1) is 5.75 Å². The summed E-state index contributed by atoms with van der Waals surface area (Å²) in [6.45, 7) is 1.11. The third-order valence-electron chi connectivity index (χ3n) is 4.36. The standard InChI is InChI=1S/C18H20F2N2O2S/c19-15-8-9-18(20)14(11-15)13-25(23,24)21-12-17-7-4-10-22(17)16-5-2-1-3-6-16/h1-3,5-6,8-9,11,17,21H,4,7,10,12-13H2. The lowest BCUT2D eigenvalue weighted by Crippen LogP contribution is -2.40. The summed E-state index contributed by atoms with van der Waals surface area (Å²) in [7, 11) is -3.75. The second-order valence-electron chi connectivity index (χ2n) is 6.17. The van der Waals surface area contributed by atoms with E-state index in [1.165, 1.54) is 0 Å². The van der Waals surface area contributed by atoms with Gasteiger partial charge in [-0.2, -0.15) is 0 Å². The van der Waals surface area contributed by atoms with Crippen LogP contribution in [0.2, 0.25) is 0 Å². The van der Waals surface area contributed by atoms with Crippen LogP contribution in [0.5, 0.6) is 0 Å². The molecule has 1 N–H and O–H groups in total. The summed E-state index contributed by atoms with van der Waals surface area (Å²) in [6.07, 6.45) is 1.87. The Hall–Kier alpha value is -1.99. The lowest BCUT2D eigenvalue weighted by molar-refractivity contribution is 0.559. The number of para-hydroxylation sites is 1. The summed E-state index contributed by atoms with van der Waals surface area (Å²) in [6, 6.07) is 12.7. The van der Waals surface area contributed by atoms with Crippen LogP contribution >= 0.6 is 0 Å². The molecule has 1 aliphatic rings. The van der Waals surface area contributed by atoms with E-state index in [0.29, 0.717) is 0 Å². The van der Waals surface area contributed by atoms with Gasteiger partial charge < -0.3 is 4.90 Å². The first kappa shape index (κ1) is 17.8. The molecule has 0 aromatic heterocycles. The van der Waals surface area contributed by atoms with Gasteiger partial charge in [-0.3, -0.25) is 0 Å². The first-order valence-corrected chi connectivity index (χ1v) is 9.83. The average Bonchev–Trinajstić information content (AvgIpc) is 3.06. The Morgan fingerprint density at radius 1 is 1.12 bits per heavy atom. The van der Waals surface area contributed by atoms with E-state index in [2.05, 4.69) is 9.62 Å². The smallest absolute Gasteiger partial charge is 0.215 e. The largest absolute Gasteiger partial charge is 0.367 e. The molecule has 1 heterocycles. The third-order valence-corrected chi connectivity index (χ3v) is 5.65. The van der Waals surface area contributed by atoms with Gasteiger partial charge in [0, 0.05) is 30.4 Å². The van der Waals surface area contributed by atoms with Gasteiger partial charge in [-0.15, -0.1) is 0 Å². The predicted molar refractivity (Wildman–Crippen MR) is 93.8 cm³/mol. The zero-order valence-electron chi connectivity index (χ0n) is 13.7. The van der Waals surface area contributed by atoms with Crippen molar-refractivity contribution in [3.63, 3.8) is 0 Å². The Morgan fingerprint density at radius 2 is 1.88 bits per heavy atom. The fourth-order valence-corrected chi connectivity index (χ4v) is 4.32. The Balaban J connectivity index is 1.64. The number of benzene rings is 2. The minimum Gasteiger partial charge on any atom is -0.367 e. The van der Waals surface area contributed by atoms with Crippen molar-refractivity contribution in [2.75, 3.05) is 18.0 Å². The summed E-state index contributed by atoms with van der Waals surface area (Å²) in [5.41, 5.74) is 0.888. The molecule has 7 heteroatoms. The van der Waals surface area contributed by atoms with Gasteiger partial charge in [-0.05, 0) is 43.2 Å². The Labute approximate surface area is 146 Å². The SMILES string of the molecule is O=S(=O)(Cc1cc(F)ccc1F)NCC1CCCN1c1ccccc1. The van der Waals surface area contributed by atoms with E-state index in [9.17, 15) is 17.2 Å². The molecule has 1 fully saturated rings. The molecule has 1 saturated heterocycles. The molecule has 0 bridgehead atoms. The second kappa shape index (κ2) is 7.49. The maximum Gasteiger partial charge on any atom is 0.215 e. The Bertz CT molecular complexity index is 828. The number of nitrogens with one attached hydrogen (secondary N) is 1. The van der Waals surface area contributed by atoms with Crippen molar-refractivity contribution < 1.29 is 17.2 Å². The number of hydrogen-bond donors (Lipinski definition) is 1. The third kappa shape index (κ3) is 4.55. The van der Waals surface area contributed by atoms with Crippen LogP contribution in [0.3, 0.4) is 0 Å². The van der Waals surface area contributed by atoms with Crippen LogP contribution in [0.25, 0.3) is 0 Å². The Kier molecular flexibility index (Phi) is 5.34. The fraction of sp³-hybridized carbons (Fsp3) is 0.333. The molecule has 0 aliphatic carbocycles. The minimum atomic E-state index is -3.75. The maximum absolute atomic E-state index is 13.7. The van der Waals surface area contributed by atoms with Crippen molar-refractivity contribution in [2.45, 2.75) is 24.6 Å². The average molecular weight is 366 g/mol. The van der Waals surface area contributed by atoms with Gasteiger partial charge in [0.1, 0.15) is 11.6 Å². The lowest BCUT2D eigenvalue weighted by atomic mass is 10.2. The van der Waals surface area contributed by atoms with Crippen LogP contribution in [-0.2, 0) is 15.8 Å². The van der Waals surface area contributed by atoms with Gasteiger partial charge in [0.25, 0.3) is 0 Å². The molecule has 2 aromatic carbocycles. The molecule has 0 radical (unpaired) electrons. The number of rotatable bonds is 6. The topological polar surface area (TPSA) is 49.4 Å². The van der Waals surface area contributed by atoms with Crippen LogP contribution in [0.1, 0.15) is 18.4 Å². The molecule has 0 amide bonds. The molecule has 25 heavy (non-hydrogen) atoms. The van der Waals surface area contributed by atoms with Crippen molar-refractivity contribution in [1.82, 2.24) is 4.72 Å². The van der Waals surface area contributed by atoms with E-state index in [-0.39, 0.29) is 18.2 Å². The van der Waals surface area contributed by atoms with Gasteiger partial charge in [-0.25, -0.2) is 21.9 Å². The minimum absolute atomic E-state index is 0.0505. The lowest BCUT2D eigenvalue weighted by Gasteiger charge is -2.27. The number of sulfonamides is 1. The quantitative estimate of drug-likeness (QED) is 0.855. The van der Waals surface area contributed by atoms with E-state index in [1.807, 2.05) is 30.3 Å². The van der Waals surface area contributed by atoms with Crippen molar-refractivity contribution in [3.05, 3.63) is 65.7 Å². The van der Waals surface area contributed by atoms with Gasteiger partial charge >= 0.3 is 0 Å². The summed E-state index contributed by atoms with van der Waals surface area (Å²) in [5, 5.41) is 0. The van der Waals surface area contributed by atoms with E-state index in [1.54, 1.807) is 0 Å². The highest BCUT2D eigenvalue weighted by Crippen LogP contribution is 2.25. The van der Waals surface area contributed by atoms with Crippen molar-refractivity contribution in [1.29, 1.82) is 0 Å². The first-order chi connectivity index (χ1) is 11.9. The highest BCUT2D eigenvalue weighted by molar-refractivity contribution is 7.88. The summed E-state index contributed by atoms with van der Waals surface area (Å²) in [4.78, 5) is 2.17. The second-order valence-corrected chi connectivity index (χ2v) is 7.98. The van der Waals surface area contributed by atoms with Crippen molar-refractivity contribution >= 4 is 15.7 Å². The zero-order chi connectivity index (χ0) is 17.9. The molecular weight excluding hydrogens is 346 g/mol. The van der Waals surface area contributed by atoms with E-state index in [0.717, 1.165) is 43.3 Å². The van der Waals surface area contributed by atoms with Crippen LogP contribution in [0, 0.1) is 11.6 Å². The molecule has 1 unspecified atom stereocenters. The fourth-order valence-electron chi connectivity index (χ4n) is 3.14. The first-order valence-electron chi connectivity index (χ1n) is 8.17. The van der Waals surface area contributed by atoms with Crippen LogP contribution < -0.4 is 9.62 Å². The van der Waals surface area contributed by atoms with Crippen LogP contribution in [0.15, 0.2) is 48.5 Å². The van der Waals surface area contributed by atoms with Crippen LogP contribution in [0.4, 0.5) is 14.5 Å². The molecule has 1 aliphatic heterocycles. The number of hydrogen-bond acceptors (Lipinski definition) is 3. The van der Waals surface area contributed by atoms with Gasteiger partial charge in [-0.1, -0.05) is 18.2 Å². The van der Waals surface area contributed by atoms with E-state index >= 15 is 0 Å². The molecule has 0 spiro atoms. The number of nitrogens with zero attached hydrogens (tertiary/aromatic N) is 1. The normalized spacial score (nSPS) is 17.8. The summed E-state index contributed by atoms with van der Waals surface area (Å²) >= 11 is 0. The molecule has 1 atom stereocenters. The monoisotopic (exact) mass is 366 g/mol. The zero-order valence-corrected chi connectivity index (χ0v) is 14.5. The molecular formula is C18H20F2N2O2S. The van der Waals surface area contributed by atoms with Crippen molar-refractivity contribution in [2.24, 2.45) is 0 Å².